The van der Waals surface area contributed by atoms with E-state index in [1.165, 1.54) is 14.2 Å². The normalized spacial score (nSPS) is 10.2. The molecule has 0 aliphatic carbocycles. The number of nitrogens with one attached hydrogen (secondary N) is 1. The van der Waals surface area contributed by atoms with Crippen LogP contribution in [-0.2, 0) is 4.79 Å². The number of hydrogen-bond donors (Lipinski definition) is 1. The highest BCUT2D eigenvalue weighted by atomic mass is 35.5. The fourth-order valence-electron chi connectivity index (χ4n) is 3.08. The number of ketones is 2. The molecule has 38 heavy (non-hydrogen) atoms. The minimum atomic E-state index is -0.654. The van der Waals surface area contributed by atoms with E-state index in [4.69, 9.17) is 21.1 Å². The topological polar surface area (TPSA) is 105 Å². The lowest BCUT2D eigenvalue weighted by atomic mass is 10.1. The number of amides is 1. The Kier molecular flexibility index (Phi) is 10.8. The van der Waals surface area contributed by atoms with E-state index in [9.17, 15) is 19.6 Å². The first kappa shape index (κ1) is 28.9. The predicted molar refractivity (Wildman–Crippen MR) is 152 cm³/mol. The first-order chi connectivity index (χ1) is 18.3. The van der Waals surface area contributed by atoms with E-state index in [1.807, 2.05) is 6.07 Å². The molecule has 0 aromatic heterocycles. The van der Waals surface area contributed by atoms with E-state index in [0.717, 1.165) is 23.5 Å². The van der Waals surface area contributed by atoms with Crippen molar-refractivity contribution in [2.24, 2.45) is 0 Å². The van der Waals surface area contributed by atoms with E-state index in [-0.39, 0.29) is 32.9 Å². The second-order valence-corrected chi connectivity index (χ2v) is 10.3. The summed E-state index contributed by atoms with van der Waals surface area (Å²) in [6.45, 7) is 0. The van der Waals surface area contributed by atoms with Crippen molar-refractivity contribution < 1.29 is 23.9 Å². The summed E-state index contributed by atoms with van der Waals surface area (Å²) in [4.78, 5) is 38.6. The molecule has 0 saturated carbocycles. The number of ether oxygens (including phenoxy) is 2. The standard InChI is InChI=1S/C28H23ClN2O5S2/c1-35-22-11-3-18(4-12-22)25(32)16-37-28(38-17-26(33)19-5-13-23(36-2)14-6-19)24(15-30)27(34)31-21-9-7-20(29)8-10-21/h3-14H,16-17H2,1-2H3,(H,31,34). The zero-order valence-corrected chi connectivity index (χ0v) is 22.9. The predicted octanol–water partition coefficient (Wildman–Crippen LogP) is 6.26. The van der Waals surface area contributed by atoms with Gasteiger partial charge in [-0.1, -0.05) is 11.6 Å². The van der Waals surface area contributed by atoms with Gasteiger partial charge < -0.3 is 14.8 Å². The van der Waals surface area contributed by atoms with Gasteiger partial charge >= 0.3 is 0 Å². The highest BCUT2D eigenvalue weighted by Crippen LogP contribution is 2.34. The van der Waals surface area contributed by atoms with Crippen LogP contribution in [0.5, 0.6) is 11.5 Å². The quantitative estimate of drug-likeness (QED) is 0.155. The Morgan fingerprint density at radius 2 is 1.24 bits per heavy atom. The number of rotatable bonds is 12. The van der Waals surface area contributed by atoms with Gasteiger partial charge in [0, 0.05) is 21.8 Å². The maximum Gasteiger partial charge on any atom is 0.268 e. The lowest BCUT2D eigenvalue weighted by Gasteiger charge is -2.11. The van der Waals surface area contributed by atoms with Crippen molar-refractivity contribution in [2.45, 2.75) is 0 Å². The van der Waals surface area contributed by atoms with Crippen LogP contribution in [0.4, 0.5) is 5.69 Å². The molecule has 0 heterocycles. The largest absolute Gasteiger partial charge is 0.497 e. The minimum absolute atomic E-state index is 0.0369. The second-order valence-electron chi connectivity index (χ2n) is 7.62. The molecule has 0 unspecified atom stereocenters. The summed E-state index contributed by atoms with van der Waals surface area (Å²) in [5.41, 5.74) is 1.17. The van der Waals surface area contributed by atoms with Gasteiger partial charge in [-0.25, -0.2) is 0 Å². The summed E-state index contributed by atoms with van der Waals surface area (Å²) < 4.78 is 10.5. The monoisotopic (exact) mass is 566 g/mol. The van der Waals surface area contributed by atoms with Crippen LogP contribution in [0.25, 0.3) is 0 Å². The van der Waals surface area contributed by atoms with Crippen molar-refractivity contribution in [2.75, 3.05) is 31.0 Å². The van der Waals surface area contributed by atoms with Crippen LogP contribution in [0.3, 0.4) is 0 Å². The number of methoxy groups -OCH3 is 2. The van der Waals surface area contributed by atoms with Gasteiger partial charge in [-0.15, -0.1) is 23.5 Å². The van der Waals surface area contributed by atoms with E-state index >= 15 is 0 Å². The van der Waals surface area contributed by atoms with Gasteiger partial charge in [0.25, 0.3) is 5.91 Å². The molecular weight excluding hydrogens is 544 g/mol. The highest BCUT2D eigenvalue weighted by Gasteiger charge is 2.20. The van der Waals surface area contributed by atoms with Gasteiger partial charge in [0.2, 0.25) is 0 Å². The average Bonchev–Trinajstić information content (AvgIpc) is 2.95. The Labute approximate surface area is 234 Å². The molecule has 0 saturated heterocycles. The number of halogens is 1. The number of benzene rings is 3. The lowest BCUT2D eigenvalue weighted by Crippen LogP contribution is -2.15. The molecule has 194 valence electrons. The third kappa shape index (κ3) is 8.15. The fraction of sp³-hybridized carbons (Fsp3) is 0.143. The first-order valence-electron chi connectivity index (χ1n) is 11.2. The van der Waals surface area contributed by atoms with Crippen molar-refractivity contribution >= 4 is 58.3 Å². The van der Waals surface area contributed by atoms with Crippen LogP contribution in [0.1, 0.15) is 20.7 Å². The Bertz CT molecular complexity index is 1300. The number of nitriles is 1. The lowest BCUT2D eigenvalue weighted by molar-refractivity contribution is -0.112. The molecule has 1 amide bonds. The molecule has 3 aromatic rings. The van der Waals surface area contributed by atoms with Crippen molar-refractivity contribution in [3.8, 4) is 17.6 Å². The summed E-state index contributed by atoms with van der Waals surface area (Å²) in [6, 6.07) is 21.6. The van der Waals surface area contributed by atoms with Gasteiger partial charge in [-0.05, 0) is 72.8 Å². The Morgan fingerprint density at radius 3 is 1.63 bits per heavy atom. The summed E-state index contributed by atoms with van der Waals surface area (Å²) in [7, 11) is 3.07. The molecule has 0 radical (unpaired) electrons. The molecule has 0 aliphatic rings. The Balaban J connectivity index is 1.80. The Morgan fingerprint density at radius 1 is 0.789 bits per heavy atom. The van der Waals surface area contributed by atoms with E-state index in [2.05, 4.69) is 5.32 Å². The molecule has 0 bridgehead atoms. The smallest absolute Gasteiger partial charge is 0.268 e. The van der Waals surface area contributed by atoms with Gasteiger partial charge in [-0.3, -0.25) is 14.4 Å². The number of thioether (sulfide) groups is 2. The minimum Gasteiger partial charge on any atom is -0.497 e. The number of hydrogen-bond acceptors (Lipinski definition) is 8. The molecule has 7 nitrogen and oxygen atoms in total. The van der Waals surface area contributed by atoms with E-state index in [0.29, 0.717) is 33.3 Å². The number of anilines is 1. The summed E-state index contributed by atoms with van der Waals surface area (Å²) in [5, 5.41) is 13.0. The van der Waals surface area contributed by atoms with Crippen LogP contribution in [0, 0.1) is 11.3 Å². The average molecular weight is 567 g/mol. The van der Waals surface area contributed by atoms with Crippen LogP contribution < -0.4 is 14.8 Å². The van der Waals surface area contributed by atoms with Gasteiger partial charge in [0.15, 0.2) is 11.6 Å². The number of carbonyl (C=O) groups is 3. The third-order valence-electron chi connectivity index (χ3n) is 5.14. The molecule has 1 N–H and O–H groups in total. The highest BCUT2D eigenvalue weighted by molar-refractivity contribution is 8.22. The number of carbonyl (C=O) groups excluding carboxylic acids is 3. The molecule has 0 aliphatic heterocycles. The van der Waals surface area contributed by atoms with Crippen LogP contribution in [0.15, 0.2) is 82.6 Å². The second kappa shape index (κ2) is 14.3. The van der Waals surface area contributed by atoms with Crippen molar-refractivity contribution in [1.29, 1.82) is 5.26 Å². The zero-order valence-electron chi connectivity index (χ0n) is 20.5. The maximum absolute atomic E-state index is 13.0. The summed E-state index contributed by atoms with van der Waals surface area (Å²) in [5.74, 6) is 0.107. The summed E-state index contributed by atoms with van der Waals surface area (Å²) >= 11 is 7.98. The first-order valence-corrected chi connectivity index (χ1v) is 13.5. The van der Waals surface area contributed by atoms with Crippen LogP contribution >= 0.6 is 35.1 Å². The number of Topliss-reactive ketones (excluding diaryl/α,β-unsaturated/α-hetero) is 2. The SMILES string of the molecule is COc1ccc(C(=O)CSC(SCC(=O)c2ccc(OC)cc2)=C(C#N)C(=O)Nc2ccc(Cl)cc2)cc1. The Hall–Kier alpha value is -3.71. The van der Waals surface area contributed by atoms with E-state index in [1.54, 1.807) is 72.8 Å². The fourth-order valence-corrected chi connectivity index (χ4v) is 5.32. The van der Waals surface area contributed by atoms with Crippen molar-refractivity contribution in [3.63, 3.8) is 0 Å². The molecule has 3 aromatic carbocycles. The van der Waals surface area contributed by atoms with E-state index < -0.39 is 5.91 Å². The molecule has 3 rings (SSSR count). The number of nitrogens with zero attached hydrogens (tertiary/aromatic N) is 1. The van der Waals surface area contributed by atoms with Crippen LogP contribution in [0.2, 0.25) is 5.02 Å². The maximum atomic E-state index is 13.0. The summed E-state index contributed by atoms with van der Waals surface area (Å²) in [6.07, 6.45) is 0. The molecular formula is C28H23ClN2O5S2. The zero-order chi connectivity index (χ0) is 27.5. The van der Waals surface area contributed by atoms with Crippen molar-refractivity contribution in [3.05, 3.63) is 98.8 Å². The van der Waals surface area contributed by atoms with Crippen LogP contribution in [-0.4, -0.2) is 43.2 Å². The van der Waals surface area contributed by atoms with Gasteiger partial charge in [-0.2, -0.15) is 5.26 Å². The van der Waals surface area contributed by atoms with Gasteiger partial charge in [0.1, 0.15) is 23.1 Å². The molecule has 0 spiro atoms. The molecule has 0 atom stereocenters. The molecule has 10 heteroatoms. The molecule has 0 fully saturated rings. The van der Waals surface area contributed by atoms with Gasteiger partial charge in [0.05, 0.1) is 30.0 Å². The third-order valence-corrected chi connectivity index (χ3v) is 7.84. The van der Waals surface area contributed by atoms with Crippen molar-refractivity contribution in [1.82, 2.24) is 0 Å².